The Bertz CT molecular complexity index is 1330. The molecular formula is C26H31F3N6O5. The number of alkyl carbamates (subject to hydrolysis) is 1. The maximum atomic E-state index is 13.3. The number of ketones is 1. The summed E-state index contributed by atoms with van der Waals surface area (Å²) in [7, 11) is 0. The number of aromatic nitrogens is 4. The lowest BCUT2D eigenvalue weighted by atomic mass is 9.89. The van der Waals surface area contributed by atoms with E-state index in [1.165, 1.54) is 25.3 Å². The molecule has 0 aliphatic carbocycles. The van der Waals surface area contributed by atoms with Crippen LogP contribution in [0.2, 0.25) is 0 Å². The number of rotatable bonds is 10. The maximum absolute atomic E-state index is 13.3. The Morgan fingerprint density at radius 3 is 2.45 bits per heavy atom. The van der Waals surface area contributed by atoms with E-state index in [-0.39, 0.29) is 29.6 Å². The first-order chi connectivity index (χ1) is 18.7. The molecule has 0 radical (unpaired) electrons. The van der Waals surface area contributed by atoms with Gasteiger partial charge in [-0.3, -0.25) is 14.7 Å². The van der Waals surface area contributed by atoms with Crippen molar-refractivity contribution in [3.8, 4) is 11.5 Å². The lowest BCUT2D eigenvalue weighted by Crippen LogP contribution is -2.46. The Kier molecular flexibility index (Phi) is 9.32. The molecule has 0 saturated carbocycles. The number of benzene rings is 1. The van der Waals surface area contributed by atoms with Crippen molar-refractivity contribution in [2.24, 2.45) is 5.41 Å². The topological polar surface area (TPSA) is 152 Å². The van der Waals surface area contributed by atoms with Gasteiger partial charge in [0.1, 0.15) is 11.9 Å². The minimum atomic E-state index is -4.57. The molecule has 40 heavy (non-hydrogen) atoms. The third kappa shape index (κ3) is 7.90. The first kappa shape index (κ1) is 30.3. The number of ether oxygens (including phenoxy) is 1. The van der Waals surface area contributed by atoms with Crippen LogP contribution in [0.1, 0.15) is 70.1 Å². The first-order valence-corrected chi connectivity index (χ1v) is 12.5. The number of anilines is 1. The van der Waals surface area contributed by atoms with Crippen LogP contribution in [0, 0.1) is 12.3 Å². The minimum Gasteiger partial charge on any atom is -0.436 e. The van der Waals surface area contributed by atoms with Gasteiger partial charge in [0.05, 0.1) is 11.8 Å². The molecule has 2 amide bonds. The van der Waals surface area contributed by atoms with Crippen LogP contribution in [0.3, 0.4) is 0 Å². The number of H-pyrrole nitrogens is 1. The van der Waals surface area contributed by atoms with Crippen LogP contribution in [-0.2, 0) is 20.5 Å². The lowest BCUT2D eigenvalue weighted by molar-refractivity contribution is -0.137. The van der Waals surface area contributed by atoms with Gasteiger partial charge < -0.3 is 19.8 Å². The van der Waals surface area contributed by atoms with Crippen molar-refractivity contribution in [3.63, 3.8) is 0 Å². The van der Waals surface area contributed by atoms with Crippen molar-refractivity contribution in [2.75, 3.05) is 5.32 Å². The van der Waals surface area contributed by atoms with Crippen molar-refractivity contribution in [2.45, 2.75) is 72.2 Å². The molecule has 3 aromatic rings. The zero-order valence-corrected chi connectivity index (χ0v) is 22.7. The molecule has 1 aromatic carbocycles. The van der Waals surface area contributed by atoms with Crippen LogP contribution in [0.15, 0.2) is 34.9 Å². The number of hydrogen-bond acceptors (Lipinski definition) is 8. The highest BCUT2D eigenvalue weighted by Gasteiger charge is 2.37. The second kappa shape index (κ2) is 12.3. The van der Waals surface area contributed by atoms with Gasteiger partial charge in [-0.25, -0.2) is 4.79 Å². The summed E-state index contributed by atoms with van der Waals surface area (Å²) in [5.74, 6) is -1.95. The zero-order valence-electron chi connectivity index (χ0n) is 22.7. The predicted molar refractivity (Wildman–Crippen MR) is 137 cm³/mol. The summed E-state index contributed by atoms with van der Waals surface area (Å²) < 4.78 is 51.1. The van der Waals surface area contributed by atoms with E-state index in [0.717, 1.165) is 12.1 Å². The summed E-state index contributed by atoms with van der Waals surface area (Å²) in [5.41, 5.74) is -1.28. The number of nitrogens with one attached hydrogen (secondary N) is 3. The molecule has 3 N–H and O–H groups in total. The number of carbonyl (C=O) groups is 3. The number of Topliss-reactive ketones (excluding diaryl/α,β-unsaturated/α-hetero) is 1. The summed E-state index contributed by atoms with van der Waals surface area (Å²) in [6.07, 6.45) is -3.90. The van der Waals surface area contributed by atoms with Gasteiger partial charge in [0.15, 0.2) is 6.10 Å². The van der Waals surface area contributed by atoms with Gasteiger partial charge in [-0.15, -0.1) is 10.2 Å². The van der Waals surface area contributed by atoms with E-state index < -0.39 is 47.1 Å². The fourth-order valence-electron chi connectivity index (χ4n) is 3.75. The zero-order chi connectivity index (χ0) is 29.7. The molecular weight excluding hydrogens is 533 g/mol. The van der Waals surface area contributed by atoms with Crippen LogP contribution in [0.4, 0.5) is 23.8 Å². The number of amides is 2. The van der Waals surface area contributed by atoms with Crippen molar-refractivity contribution >= 4 is 23.6 Å². The van der Waals surface area contributed by atoms with Gasteiger partial charge in [0.2, 0.25) is 11.7 Å². The second-order valence-corrected chi connectivity index (χ2v) is 10.3. The fourth-order valence-corrected chi connectivity index (χ4v) is 3.75. The summed E-state index contributed by atoms with van der Waals surface area (Å²) in [6, 6.07) is 3.63. The quantitative estimate of drug-likeness (QED) is 0.278. The van der Waals surface area contributed by atoms with E-state index in [1.54, 1.807) is 20.8 Å². The molecule has 2 aromatic heterocycles. The van der Waals surface area contributed by atoms with Crippen LogP contribution in [0.25, 0.3) is 11.5 Å². The summed E-state index contributed by atoms with van der Waals surface area (Å²) in [4.78, 5) is 38.2. The number of aromatic amines is 1. The molecule has 0 bridgehead atoms. The van der Waals surface area contributed by atoms with Crippen LogP contribution in [-0.4, -0.2) is 44.2 Å². The number of alkyl halides is 3. The Morgan fingerprint density at radius 2 is 1.85 bits per heavy atom. The van der Waals surface area contributed by atoms with Crippen LogP contribution < -0.4 is 10.6 Å². The number of nitrogens with zero attached hydrogens (tertiary/aromatic N) is 3. The van der Waals surface area contributed by atoms with Crippen molar-refractivity contribution in [1.82, 2.24) is 25.7 Å². The molecule has 2 heterocycles. The van der Waals surface area contributed by atoms with E-state index in [4.69, 9.17) is 9.15 Å². The monoisotopic (exact) mass is 564 g/mol. The van der Waals surface area contributed by atoms with Gasteiger partial charge in [-0.1, -0.05) is 40.5 Å². The molecule has 216 valence electrons. The normalized spacial score (nSPS) is 13.4. The van der Waals surface area contributed by atoms with E-state index in [2.05, 4.69) is 31.0 Å². The van der Waals surface area contributed by atoms with Gasteiger partial charge in [0.25, 0.3) is 11.8 Å². The highest BCUT2D eigenvalue weighted by atomic mass is 19.4. The Labute approximate surface area is 228 Å². The van der Waals surface area contributed by atoms with Crippen molar-refractivity contribution in [1.29, 1.82) is 0 Å². The molecule has 3 rings (SSSR count). The highest BCUT2D eigenvalue weighted by Crippen LogP contribution is 2.38. The number of hydrogen-bond donors (Lipinski definition) is 3. The number of carbonyl (C=O) groups excluding carboxylic acids is 3. The Morgan fingerprint density at radius 1 is 1.12 bits per heavy atom. The fraction of sp³-hybridized carbons (Fsp3) is 0.462. The molecule has 11 nitrogen and oxygen atoms in total. The molecule has 0 aliphatic heterocycles. The van der Waals surface area contributed by atoms with Gasteiger partial charge in [-0.2, -0.15) is 18.3 Å². The average Bonchev–Trinajstić information content (AvgIpc) is 3.55. The summed E-state index contributed by atoms with van der Waals surface area (Å²) in [6.45, 7) is 8.56. The van der Waals surface area contributed by atoms with Gasteiger partial charge in [-0.05, 0) is 37.1 Å². The van der Waals surface area contributed by atoms with Gasteiger partial charge >= 0.3 is 12.3 Å². The SMILES string of the molecule is CCCC[C@H](NC(=O)O[C@@H](c1nnc(-c2cc(C)cc(C(F)(F)F)c2)o1)C(C)(C)C)C(=O)C(=O)Nc1ccn[nH]1. The third-order valence-corrected chi connectivity index (χ3v) is 5.76. The largest absolute Gasteiger partial charge is 0.436 e. The molecule has 0 saturated heterocycles. The van der Waals surface area contributed by atoms with Crippen molar-refractivity contribution < 1.29 is 36.7 Å². The van der Waals surface area contributed by atoms with Crippen LogP contribution in [0.5, 0.6) is 0 Å². The molecule has 14 heteroatoms. The smallest absolute Gasteiger partial charge is 0.416 e. The second-order valence-electron chi connectivity index (χ2n) is 10.3. The molecule has 0 spiro atoms. The summed E-state index contributed by atoms with van der Waals surface area (Å²) >= 11 is 0. The number of aryl methyl sites for hydroxylation is 1. The van der Waals surface area contributed by atoms with Crippen LogP contribution >= 0.6 is 0 Å². The Hall–Kier alpha value is -4.23. The first-order valence-electron chi connectivity index (χ1n) is 12.5. The Balaban J connectivity index is 1.79. The highest BCUT2D eigenvalue weighted by molar-refractivity contribution is 6.42. The van der Waals surface area contributed by atoms with E-state index in [0.29, 0.717) is 18.4 Å². The standard InChI is InChI=1S/C26H31F3N6O5/c1-6-7-8-17(19(36)21(37)32-18-9-10-30-33-18)31-24(38)39-20(25(3,4)5)23-35-34-22(40-23)15-11-14(2)12-16(13-15)26(27,28)29/h9-13,17,20H,6-8H2,1-5H3,(H,31,38)(H2,30,32,33,37)/t17-,20-/m0/s1. The molecule has 0 unspecified atom stereocenters. The molecule has 0 aliphatic rings. The minimum absolute atomic E-state index is 0.0525. The van der Waals surface area contributed by atoms with E-state index in [9.17, 15) is 27.6 Å². The third-order valence-electron chi connectivity index (χ3n) is 5.76. The average molecular weight is 565 g/mol. The van der Waals surface area contributed by atoms with E-state index in [1.807, 2.05) is 6.92 Å². The number of halogens is 3. The maximum Gasteiger partial charge on any atom is 0.416 e. The van der Waals surface area contributed by atoms with Crippen molar-refractivity contribution in [3.05, 3.63) is 47.5 Å². The summed E-state index contributed by atoms with van der Waals surface area (Å²) in [5, 5.41) is 18.8. The van der Waals surface area contributed by atoms with E-state index >= 15 is 0 Å². The van der Waals surface area contributed by atoms with Gasteiger partial charge in [0, 0.05) is 17.0 Å². The predicted octanol–water partition coefficient (Wildman–Crippen LogP) is 5.37. The molecule has 2 atom stereocenters. The number of unbranched alkanes of at least 4 members (excludes halogenated alkanes) is 1. The molecule has 0 fully saturated rings. The lowest BCUT2D eigenvalue weighted by Gasteiger charge is -2.28.